The number of hydrogen-bond acceptors (Lipinski definition) is 5. The van der Waals surface area contributed by atoms with Crippen molar-refractivity contribution in [1.82, 2.24) is 4.98 Å². The first kappa shape index (κ1) is 16.4. The van der Waals surface area contributed by atoms with Gasteiger partial charge in [0, 0.05) is 10.9 Å². The zero-order chi connectivity index (χ0) is 17.9. The van der Waals surface area contributed by atoms with Crippen molar-refractivity contribution in [2.24, 2.45) is 0 Å². The summed E-state index contributed by atoms with van der Waals surface area (Å²) in [5.74, 6) is 1.47. The van der Waals surface area contributed by atoms with Crippen LogP contribution in [0.4, 0.5) is 0 Å². The van der Waals surface area contributed by atoms with Crippen molar-refractivity contribution in [2.45, 2.75) is 13.3 Å². The molecule has 0 fully saturated rings. The maximum atomic E-state index is 9.56. The third-order valence-corrected chi connectivity index (χ3v) is 5.10. The Bertz CT molecular complexity index is 1010. The van der Waals surface area contributed by atoms with Crippen molar-refractivity contribution in [2.75, 3.05) is 6.79 Å². The molecule has 0 unspecified atom stereocenters. The molecule has 128 valence electrons. The van der Waals surface area contributed by atoms with Crippen molar-refractivity contribution in [3.05, 3.63) is 64.0 Å². The first-order chi connectivity index (χ1) is 12.8. The van der Waals surface area contributed by atoms with E-state index < -0.39 is 0 Å². The van der Waals surface area contributed by atoms with Gasteiger partial charge in [0.05, 0.1) is 11.3 Å². The smallest absolute Gasteiger partial charge is 0.231 e. The first-order valence-corrected chi connectivity index (χ1v) is 9.21. The fraction of sp³-hybridized carbons (Fsp3) is 0.143. The molecule has 0 saturated carbocycles. The Morgan fingerprint density at radius 3 is 2.77 bits per heavy atom. The lowest BCUT2D eigenvalue weighted by Crippen LogP contribution is -1.92. The average molecular weight is 360 g/mol. The lowest BCUT2D eigenvalue weighted by molar-refractivity contribution is 0.174. The zero-order valence-corrected chi connectivity index (χ0v) is 15.0. The maximum Gasteiger partial charge on any atom is 0.231 e. The molecule has 2 heterocycles. The Hall–Kier alpha value is -3.10. The number of thiazole rings is 1. The summed E-state index contributed by atoms with van der Waals surface area (Å²) in [4.78, 5) is 4.64. The molecule has 0 N–H and O–H groups in total. The van der Waals surface area contributed by atoms with Crippen LogP contribution in [0.2, 0.25) is 0 Å². The van der Waals surface area contributed by atoms with E-state index in [1.807, 2.05) is 41.8 Å². The van der Waals surface area contributed by atoms with Crippen molar-refractivity contribution < 1.29 is 9.47 Å². The van der Waals surface area contributed by atoms with E-state index in [1.54, 1.807) is 0 Å². The number of aryl methyl sites for hydroxylation is 1. The van der Waals surface area contributed by atoms with Gasteiger partial charge in [-0.3, -0.25) is 0 Å². The highest BCUT2D eigenvalue weighted by molar-refractivity contribution is 7.11. The molecule has 0 amide bonds. The third kappa shape index (κ3) is 3.19. The fourth-order valence-corrected chi connectivity index (χ4v) is 3.54. The summed E-state index contributed by atoms with van der Waals surface area (Å²) in [7, 11) is 0. The number of aromatic nitrogens is 1. The minimum atomic E-state index is 0.249. The highest BCUT2D eigenvalue weighted by Crippen LogP contribution is 2.36. The Morgan fingerprint density at radius 1 is 1.19 bits per heavy atom. The lowest BCUT2D eigenvalue weighted by atomic mass is 10.1. The largest absolute Gasteiger partial charge is 0.454 e. The van der Waals surface area contributed by atoms with Crippen molar-refractivity contribution >= 4 is 23.0 Å². The van der Waals surface area contributed by atoms with Crippen molar-refractivity contribution in [1.29, 1.82) is 5.26 Å². The van der Waals surface area contributed by atoms with Gasteiger partial charge >= 0.3 is 0 Å². The van der Waals surface area contributed by atoms with E-state index >= 15 is 0 Å². The van der Waals surface area contributed by atoms with Gasteiger partial charge in [-0.25, -0.2) is 4.98 Å². The molecule has 0 atom stereocenters. The molecule has 1 aliphatic rings. The topological polar surface area (TPSA) is 55.1 Å². The molecule has 5 heteroatoms. The van der Waals surface area contributed by atoms with E-state index in [1.165, 1.54) is 16.9 Å². The Balaban J connectivity index is 1.63. The van der Waals surface area contributed by atoms with E-state index in [4.69, 9.17) is 9.47 Å². The summed E-state index contributed by atoms with van der Waals surface area (Å²) in [6, 6.07) is 16.2. The Labute approximate surface area is 156 Å². The second-order valence-corrected chi connectivity index (χ2v) is 6.73. The van der Waals surface area contributed by atoms with Crippen LogP contribution in [0.25, 0.3) is 22.9 Å². The fourth-order valence-electron chi connectivity index (χ4n) is 2.74. The van der Waals surface area contributed by atoms with E-state index in [9.17, 15) is 5.26 Å². The first-order valence-electron chi connectivity index (χ1n) is 8.33. The molecular weight excluding hydrogens is 344 g/mol. The lowest BCUT2D eigenvalue weighted by Gasteiger charge is -2.00. The SMILES string of the molecule is CCc1ccc(/C=C(/C#N)c2nc(-c3ccc4c(c3)OCO4)cs2)cc1. The minimum absolute atomic E-state index is 0.249. The van der Waals surface area contributed by atoms with Crippen LogP contribution in [0.1, 0.15) is 23.1 Å². The Morgan fingerprint density at radius 2 is 2.00 bits per heavy atom. The quantitative estimate of drug-likeness (QED) is 0.603. The predicted octanol–water partition coefficient (Wildman–Crippen LogP) is 5.17. The van der Waals surface area contributed by atoms with Crippen LogP contribution in [0.15, 0.2) is 47.8 Å². The minimum Gasteiger partial charge on any atom is -0.454 e. The molecule has 0 aliphatic carbocycles. The Kier molecular flexibility index (Phi) is 4.42. The highest BCUT2D eigenvalue weighted by Gasteiger charge is 2.15. The van der Waals surface area contributed by atoms with E-state index in [0.29, 0.717) is 10.6 Å². The maximum absolute atomic E-state index is 9.56. The van der Waals surface area contributed by atoms with E-state index in [-0.39, 0.29) is 6.79 Å². The van der Waals surface area contributed by atoms with Crippen molar-refractivity contribution in [3.63, 3.8) is 0 Å². The van der Waals surface area contributed by atoms with Crippen LogP contribution < -0.4 is 9.47 Å². The monoisotopic (exact) mass is 360 g/mol. The number of rotatable bonds is 4. The average Bonchev–Trinajstić information content (AvgIpc) is 3.35. The van der Waals surface area contributed by atoms with Gasteiger partial charge in [-0.1, -0.05) is 31.2 Å². The van der Waals surface area contributed by atoms with E-state index in [2.05, 4.69) is 30.1 Å². The molecular formula is C21H16N2O2S. The van der Waals surface area contributed by atoms with Crippen LogP contribution in [-0.4, -0.2) is 11.8 Å². The molecule has 26 heavy (non-hydrogen) atoms. The van der Waals surface area contributed by atoms with Crippen LogP contribution in [0.3, 0.4) is 0 Å². The normalized spacial score (nSPS) is 12.8. The van der Waals surface area contributed by atoms with Crippen LogP contribution in [0, 0.1) is 11.3 Å². The van der Waals surface area contributed by atoms with Gasteiger partial charge in [0.2, 0.25) is 6.79 Å². The van der Waals surface area contributed by atoms with Gasteiger partial charge in [-0.2, -0.15) is 5.26 Å². The molecule has 0 bridgehead atoms. The third-order valence-electron chi connectivity index (χ3n) is 4.22. The van der Waals surface area contributed by atoms with Crippen LogP contribution in [-0.2, 0) is 6.42 Å². The highest BCUT2D eigenvalue weighted by atomic mass is 32.1. The molecule has 0 spiro atoms. The number of hydrogen-bond donors (Lipinski definition) is 0. The summed E-state index contributed by atoms with van der Waals surface area (Å²) in [6.07, 6.45) is 2.88. The number of allylic oxidation sites excluding steroid dienone is 1. The molecule has 3 aromatic rings. The van der Waals surface area contributed by atoms with Crippen LogP contribution in [0.5, 0.6) is 11.5 Å². The zero-order valence-electron chi connectivity index (χ0n) is 14.2. The summed E-state index contributed by atoms with van der Waals surface area (Å²) >= 11 is 1.46. The number of ether oxygens (including phenoxy) is 2. The second kappa shape index (κ2) is 7.03. The van der Waals surface area contributed by atoms with Gasteiger partial charge in [-0.15, -0.1) is 11.3 Å². The molecule has 0 radical (unpaired) electrons. The molecule has 0 saturated heterocycles. The summed E-state index contributed by atoms with van der Waals surface area (Å²) in [5, 5.41) is 12.2. The van der Waals surface area contributed by atoms with Gasteiger partial charge in [0.1, 0.15) is 11.1 Å². The standard InChI is InChI=1S/C21H16N2O2S/c1-2-14-3-5-15(6-4-14)9-17(11-22)21-23-18(12-26-21)16-7-8-19-20(10-16)25-13-24-19/h3-10,12H,2,13H2,1H3/b17-9-. The van der Waals surface area contributed by atoms with Gasteiger partial charge in [-0.05, 0) is 41.8 Å². The van der Waals surface area contributed by atoms with E-state index in [0.717, 1.165) is 34.7 Å². The number of benzene rings is 2. The number of nitriles is 1. The molecule has 4 nitrogen and oxygen atoms in total. The predicted molar refractivity (Wildman–Crippen MR) is 103 cm³/mol. The summed E-state index contributed by atoms with van der Waals surface area (Å²) in [6.45, 7) is 2.37. The molecule has 4 rings (SSSR count). The van der Waals surface area contributed by atoms with Gasteiger partial charge in [0.25, 0.3) is 0 Å². The number of fused-ring (bicyclic) bond motifs is 1. The van der Waals surface area contributed by atoms with Crippen molar-refractivity contribution in [3.8, 4) is 28.8 Å². The van der Waals surface area contributed by atoms with Crippen LogP contribution >= 0.6 is 11.3 Å². The molecule has 2 aromatic carbocycles. The summed E-state index contributed by atoms with van der Waals surface area (Å²) < 4.78 is 10.8. The molecule has 1 aliphatic heterocycles. The number of nitrogens with zero attached hydrogens (tertiary/aromatic N) is 2. The van der Waals surface area contributed by atoms with Gasteiger partial charge in [0.15, 0.2) is 11.5 Å². The second-order valence-electron chi connectivity index (χ2n) is 5.87. The summed E-state index contributed by atoms with van der Waals surface area (Å²) in [5.41, 5.74) is 4.61. The van der Waals surface area contributed by atoms with Gasteiger partial charge < -0.3 is 9.47 Å². The molecule has 1 aromatic heterocycles.